The molecule has 0 amide bonds. The van der Waals surface area contributed by atoms with E-state index in [1.807, 2.05) is 12.3 Å². The van der Waals surface area contributed by atoms with Gasteiger partial charge >= 0.3 is 5.97 Å². The molecule has 2 rings (SSSR count). The van der Waals surface area contributed by atoms with Crippen LogP contribution in [-0.4, -0.2) is 21.0 Å². The Labute approximate surface area is 100 Å². The number of aromatic carboxylic acids is 1. The van der Waals surface area contributed by atoms with Crippen LogP contribution in [0.1, 0.15) is 16.1 Å². The van der Waals surface area contributed by atoms with E-state index in [9.17, 15) is 4.79 Å². The van der Waals surface area contributed by atoms with Crippen LogP contribution in [0.25, 0.3) is 0 Å². The number of nitrogens with zero attached hydrogens (tertiary/aromatic N) is 2. The minimum Gasteiger partial charge on any atom is -0.478 e. The van der Waals surface area contributed by atoms with Crippen LogP contribution in [0.2, 0.25) is 0 Å². The van der Waals surface area contributed by atoms with Crippen molar-refractivity contribution in [3.05, 3.63) is 35.0 Å². The maximum absolute atomic E-state index is 10.8. The van der Waals surface area contributed by atoms with Gasteiger partial charge in [-0.3, -0.25) is 0 Å². The van der Waals surface area contributed by atoms with E-state index in [0.717, 1.165) is 10.0 Å². The summed E-state index contributed by atoms with van der Waals surface area (Å²) in [6.07, 6.45) is 1.49. The Morgan fingerprint density at radius 1 is 1.56 bits per heavy atom. The molecule has 0 spiro atoms. The van der Waals surface area contributed by atoms with Crippen LogP contribution in [0.3, 0.4) is 0 Å². The third kappa shape index (κ3) is 2.59. The van der Waals surface area contributed by atoms with Crippen molar-refractivity contribution in [2.45, 2.75) is 16.3 Å². The van der Waals surface area contributed by atoms with Crippen molar-refractivity contribution < 1.29 is 9.90 Å². The van der Waals surface area contributed by atoms with E-state index in [1.165, 1.54) is 35.4 Å². The van der Waals surface area contributed by atoms with E-state index in [2.05, 4.69) is 9.97 Å². The number of hydrogen-bond acceptors (Lipinski definition) is 5. The van der Waals surface area contributed by atoms with Crippen molar-refractivity contribution in [3.63, 3.8) is 0 Å². The number of aromatic nitrogens is 2. The Balaban J connectivity index is 2.21. The van der Waals surface area contributed by atoms with Gasteiger partial charge in [-0.2, -0.15) is 0 Å². The summed E-state index contributed by atoms with van der Waals surface area (Å²) in [6, 6.07) is 3.02. The Morgan fingerprint density at radius 3 is 3.00 bits per heavy atom. The van der Waals surface area contributed by atoms with Gasteiger partial charge in [-0.05, 0) is 30.8 Å². The maximum Gasteiger partial charge on any atom is 0.335 e. The zero-order valence-electron chi connectivity index (χ0n) is 8.38. The smallest absolute Gasteiger partial charge is 0.335 e. The van der Waals surface area contributed by atoms with E-state index in [1.54, 1.807) is 6.07 Å². The summed E-state index contributed by atoms with van der Waals surface area (Å²) in [5.41, 5.74) is 1.20. The molecule has 2 aromatic rings. The molecule has 0 fully saturated rings. The molecule has 0 saturated heterocycles. The molecule has 2 aromatic heterocycles. The van der Waals surface area contributed by atoms with Crippen molar-refractivity contribution in [1.29, 1.82) is 0 Å². The lowest BCUT2D eigenvalue weighted by molar-refractivity contribution is 0.0696. The lowest BCUT2D eigenvalue weighted by Crippen LogP contribution is -1.96. The van der Waals surface area contributed by atoms with Gasteiger partial charge in [0.2, 0.25) is 0 Å². The van der Waals surface area contributed by atoms with E-state index < -0.39 is 5.97 Å². The van der Waals surface area contributed by atoms with Crippen LogP contribution in [0.15, 0.2) is 33.1 Å². The minimum atomic E-state index is -0.945. The lowest BCUT2D eigenvalue weighted by atomic mass is 10.3. The summed E-state index contributed by atoms with van der Waals surface area (Å²) in [4.78, 5) is 19.1. The van der Waals surface area contributed by atoms with Crippen molar-refractivity contribution >= 4 is 29.1 Å². The van der Waals surface area contributed by atoms with Gasteiger partial charge in [0, 0.05) is 17.3 Å². The van der Waals surface area contributed by atoms with Crippen LogP contribution in [0.5, 0.6) is 0 Å². The van der Waals surface area contributed by atoms with Crippen LogP contribution < -0.4 is 0 Å². The largest absolute Gasteiger partial charge is 0.478 e. The van der Waals surface area contributed by atoms with Gasteiger partial charge in [0.05, 0.1) is 5.56 Å². The summed E-state index contributed by atoms with van der Waals surface area (Å²) < 4.78 is 0.868. The number of thiazole rings is 1. The second-order valence-electron chi connectivity index (χ2n) is 3.04. The third-order valence-electron chi connectivity index (χ3n) is 1.77. The van der Waals surface area contributed by atoms with Crippen LogP contribution in [-0.2, 0) is 0 Å². The first kappa shape index (κ1) is 11.1. The highest BCUT2D eigenvalue weighted by Crippen LogP contribution is 2.28. The molecule has 0 aliphatic heterocycles. The minimum absolute atomic E-state index is 0.241. The zero-order chi connectivity index (χ0) is 11.5. The number of aryl methyl sites for hydroxylation is 1. The second kappa shape index (κ2) is 4.63. The Hall–Kier alpha value is -1.40. The highest BCUT2D eigenvalue weighted by atomic mass is 32.2. The topological polar surface area (TPSA) is 63.1 Å². The Morgan fingerprint density at radius 2 is 2.38 bits per heavy atom. The number of pyridine rings is 1. The highest BCUT2D eigenvalue weighted by molar-refractivity contribution is 8.01. The van der Waals surface area contributed by atoms with E-state index in [0.29, 0.717) is 5.03 Å². The highest BCUT2D eigenvalue weighted by Gasteiger charge is 2.07. The fourth-order valence-electron chi connectivity index (χ4n) is 1.07. The van der Waals surface area contributed by atoms with Gasteiger partial charge in [0.25, 0.3) is 0 Å². The maximum atomic E-state index is 10.8. The van der Waals surface area contributed by atoms with Crippen LogP contribution in [0, 0.1) is 6.92 Å². The number of hydrogen-bond donors (Lipinski definition) is 1. The molecule has 0 aromatic carbocycles. The van der Waals surface area contributed by atoms with E-state index in [-0.39, 0.29) is 5.56 Å². The number of carbonyl (C=O) groups is 1. The quantitative estimate of drug-likeness (QED) is 0.910. The van der Waals surface area contributed by atoms with Crippen molar-refractivity contribution in [2.75, 3.05) is 0 Å². The number of carboxylic acid groups (broad SMARTS) is 1. The van der Waals surface area contributed by atoms with Crippen LogP contribution >= 0.6 is 23.1 Å². The molecule has 0 saturated carbocycles. The molecule has 0 aliphatic carbocycles. The van der Waals surface area contributed by atoms with Gasteiger partial charge in [0.15, 0.2) is 4.34 Å². The fraction of sp³-hybridized carbons (Fsp3) is 0.100. The Bertz CT molecular complexity index is 525. The van der Waals surface area contributed by atoms with Gasteiger partial charge in [-0.25, -0.2) is 14.8 Å². The lowest BCUT2D eigenvalue weighted by Gasteiger charge is -1.98. The van der Waals surface area contributed by atoms with Crippen molar-refractivity contribution in [1.82, 2.24) is 9.97 Å². The summed E-state index contributed by atoms with van der Waals surface area (Å²) in [7, 11) is 0. The molecule has 1 N–H and O–H groups in total. The normalized spacial score (nSPS) is 10.3. The zero-order valence-corrected chi connectivity index (χ0v) is 10.0. The molecule has 0 atom stereocenters. The van der Waals surface area contributed by atoms with Gasteiger partial charge in [0.1, 0.15) is 5.03 Å². The SMILES string of the molecule is Cc1csc(Sc2cc(C(=O)O)ccn2)n1. The standard InChI is InChI=1S/C10H8N2O2S2/c1-6-5-15-10(12-6)16-8-4-7(9(13)14)2-3-11-8/h2-5H,1H3,(H,13,14). The molecule has 0 aliphatic rings. The molecule has 0 unspecified atom stereocenters. The summed E-state index contributed by atoms with van der Waals surface area (Å²) >= 11 is 2.90. The third-order valence-corrected chi connectivity index (χ3v) is 3.76. The average molecular weight is 252 g/mol. The number of carboxylic acids is 1. The molecule has 6 heteroatoms. The molecule has 0 bridgehead atoms. The summed E-state index contributed by atoms with van der Waals surface area (Å²) in [5, 5.41) is 11.4. The predicted octanol–water partition coefficient (Wildman–Crippen LogP) is 2.70. The van der Waals surface area contributed by atoms with E-state index in [4.69, 9.17) is 5.11 Å². The predicted molar refractivity (Wildman–Crippen MR) is 62.2 cm³/mol. The summed E-state index contributed by atoms with van der Waals surface area (Å²) in [6.45, 7) is 1.92. The monoisotopic (exact) mass is 252 g/mol. The first-order valence-electron chi connectivity index (χ1n) is 4.44. The van der Waals surface area contributed by atoms with Gasteiger partial charge in [-0.1, -0.05) is 0 Å². The summed E-state index contributed by atoms with van der Waals surface area (Å²) in [5.74, 6) is -0.945. The molecular weight excluding hydrogens is 244 g/mol. The van der Waals surface area contributed by atoms with Gasteiger partial charge in [-0.15, -0.1) is 11.3 Å². The first-order valence-corrected chi connectivity index (χ1v) is 6.14. The number of rotatable bonds is 3. The molecule has 82 valence electrons. The molecule has 2 heterocycles. The Kier molecular flexibility index (Phi) is 3.21. The first-order chi connectivity index (χ1) is 7.65. The van der Waals surface area contributed by atoms with E-state index >= 15 is 0 Å². The molecule has 4 nitrogen and oxygen atoms in total. The molecule has 0 radical (unpaired) electrons. The van der Waals surface area contributed by atoms with Crippen molar-refractivity contribution in [3.8, 4) is 0 Å². The second-order valence-corrected chi connectivity index (χ2v) is 5.17. The fourth-order valence-corrected chi connectivity index (χ4v) is 2.85. The average Bonchev–Trinajstić information content (AvgIpc) is 2.64. The molecule has 16 heavy (non-hydrogen) atoms. The van der Waals surface area contributed by atoms with Crippen molar-refractivity contribution in [2.24, 2.45) is 0 Å². The van der Waals surface area contributed by atoms with Gasteiger partial charge < -0.3 is 5.11 Å². The molecular formula is C10H8N2O2S2. The van der Waals surface area contributed by atoms with Crippen LogP contribution in [0.4, 0.5) is 0 Å².